The van der Waals surface area contributed by atoms with E-state index in [4.69, 9.17) is 23.3 Å². The highest BCUT2D eigenvalue weighted by Gasteiger charge is 2.61. The smallest absolute Gasteiger partial charge is 0.360 e. The van der Waals surface area contributed by atoms with Crippen LogP contribution in [0.2, 0.25) is 0 Å². The fraction of sp³-hybridized carbons (Fsp3) is 0.382. The number of nitrogens with one attached hydrogen (secondary N) is 3. The van der Waals surface area contributed by atoms with Crippen molar-refractivity contribution in [3.8, 4) is 17.3 Å². The van der Waals surface area contributed by atoms with Gasteiger partial charge in [0.2, 0.25) is 23.6 Å². The number of amides is 2. The number of para-hydroxylation sites is 1. The molecule has 2 aromatic heterocycles. The SMILES string of the molecule is CCC[C@@H]1NC(=O)[C@@H](NC(=O)[C@@H](O)C(C)C)Cc2ccc3c(c2)C2(c4ccccc4NC2O3)c2oc1nc2-c1nc(C(=O)OC)co1. The van der Waals surface area contributed by atoms with Crippen molar-refractivity contribution in [1.29, 1.82) is 0 Å². The van der Waals surface area contributed by atoms with Crippen LogP contribution in [0.4, 0.5) is 5.69 Å². The molecule has 3 aliphatic rings. The second kappa shape index (κ2) is 11.6. The number of aromatic nitrogens is 2. The van der Waals surface area contributed by atoms with E-state index in [1.54, 1.807) is 13.8 Å². The van der Waals surface area contributed by atoms with E-state index in [0.29, 0.717) is 24.4 Å². The Labute approximate surface area is 270 Å². The summed E-state index contributed by atoms with van der Waals surface area (Å²) < 4.78 is 24.0. The number of esters is 1. The summed E-state index contributed by atoms with van der Waals surface area (Å²) in [6.07, 6.45) is 0.519. The van der Waals surface area contributed by atoms with Crippen LogP contribution in [0.5, 0.6) is 5.75 Å². The number of benzene rings is 2. The van der Waals surface area contributed by atoms with E-state index < -0.39 is 47.6 Å². The van der Waals surface area contributed by atoms with Gasteiger partial charge in [0, 0.05) is 17.7 Å². The topological polar surface area (TPSA) is 178 Å². The molecule has 2 aromatic carbocycles. The highest BCUT2D eigenvalue weighted by Crippen LogP contribution is 2.59. The standard InChI is InChI=1S/C34H35N5O8/c1-5-8-21-30-39-25(31-37-23(15-45-31)32(43)44-4)27(47-30)34-18-9-6-7-10-20(18)38-33(34)46-24-12-11-17(13-19(24)34)14-22(28(41)35-21)36-29(42)26(40)16(2)3/h6-7,9-13,15-16,21-22,26,33,38,40H,5,8,14H2,1-4H3,(H,35,41)(H,36,42)/t21-,22-,26-,33?,34?/m0/s1. The number of anilines is 1. The van der Waals surface area contributed by atoms with E-state index in [0.717, 1.165) is 22.4 Å². The van der Waals surface area contributed by atoms with Gasteiger partial charge in [-0.1, -0.05) is 57.5 Å². The summed E-state index contributed by atoms with van der Waals surface area (Å²) in [5.41, 5.74) is 2.30. The zero-order chi connectivity index (χ0) is 33.0. The Balaban J connectivity index is 1.47. The molecule has 0 saturated heterocycles. The molecule has 7 rings (SSSR count). The van der Waals surface area contributed by atoms with Gasteiger partial charge < -0.3 is 39.4 Å². The third-order valence-corrected chi connectivity index (χ3v) is 9.01. The lowest BCUT2D eigenvalue weighted by molar-refractivity contribution is -0.135. The Morgan fingerprint density at radius 3 is 2.72 bits per heavy atom. The van der Waals surface area contributed by atoms with Crippen LogP contribution in [0.15, 0.2) is 57.6 Å². The number of carbonyl (C=O) groups is 3. The van der Waals surface area contributed by atoms with Crippen LogP contribution in [-0.4, -0.2) is 58.3 Å². The predicted octanol–water partition coefficient (Wildman–Crippen LogP) is 3.61. The van der Waals surface area contributed by atoms with Crippen molar-refractivity contribution < 1.29 is 37.8 Å². The summed E-state index contributed by atoms with van der Waals surface area (Å²) >= 11 is 0. The molecule has 0 fully saturated rings. The average Bonchev–Trinajstić information content (AvgIpc) is 3.84. The molecular formula is C34H35N5O8. The maximum atomic E-state index is 13.9. The molecule has 5 heterocycles. The lowest BCUT2D eigenvalue weighted by Crippen LogP contribution is -2.52. The molecule has 1 spiro atoms. The maximum Gasteiger partial charge on any atom is 0.360 e. The van der Waals surface area contributed by atoms with Crippen LogP contribution in [0.1, 0.15) is 78.5 Å². The number of nitrogens with zero attached hydrogens (tertiary/aromatic N) is 2. The predicted molar refractivity (Wildman–Crippen MR) is 166 cm³/mol. The molecule has 13 heteroatoms. The number of aliphatic hydroxyl groups is 1. The first-order chi connectivity index (χ1) is 22.6. The van der Waals surface area contributed by atoms with Gasteiger partial charge in [-0.2, -0.15) is 0 Å². The zero-order valence-electron chi connectivity index (χ0n) is 26.3. The van der Waals surface area contributed by atoms with Gasteiger partial charge in [0.15, 0.2) is 23.4 Å². The van der Waals surface area contributed by atoms with Crippen molar-refractivity contribution in [2.45, 2.75) is 69.9 Å². The second-order valence-electron chi connectivity index (χ2n) is 12.4. The van der Waals surface area contributed by atoms with Crippen molar-refractivity contribution >= 4 is 23.5 Å². The average molecular weight is 642 g/mol. The van der Waals surface area contributed by atoms with Crippen molar-refractivity contribution in [2.75, 3.05) is 12.4 Å². The van der Waals surface area contributed by atoms with Gasteiger partial charge >= 0.3 is 5.97 Å². The highest BCUT2D eigenvalue weighted by atomic mass is 16.5. The molecule has 47 heavy (non-hydrogen) atoms. The normalized spacial score (nSPS) is 22.9. The van der Waals surface area contributed by atoms with Gasteiger partial charge in [-0.15, -0.1) is 0 Å². The van der Waals surface area contributed by atoms with Gasteiger partial charge in [-0.25, -0.2) is 14.8 Å². The molecular weight excluding hydrogens is 606 g/mol. The Bertz CT molecular complexity index is 1880. The van der Waals surface area contributed by atoms with Crippen LogP contribution in [0, 0.1) is 5.92 Å². The van der Waals surface area contributed by atoms with E-state index in [2.05, 4.69) is 20.9 Å². The Morgan fingerprint density at radius 2 is 1.96 bits per heavy atom. The second-order valence-corrected chi connectivity index (χ2v) is 12.4. The largest absolute Gasteiger partial charge is 0.469 e. The minimum atomic E-state index is -1.29. The first-order valence-corrected chi connectivity index (χ1v) is 15.7. The molecule has 244 valence electrons. The van der Waals surface area contributed by atoms with Crippen LogP contribution in [0.25, 0.3) is 11.6 Å². The van der Waals surface area contributed by atoms with E-state index in [1.165, 1.54) is 13.4 Å². The lowest BCUT2D eigenvalue weighted by atomic mass is 9.72. The van der Waals surface area contributed by atoms with Gasteiger partial charge in [0.1, 0.15) is 35.6 Å². The number of fused-ring (bicyclic) bond motifs is 4. The van der Waals surface area contributed by atoms with Crippen molar-refractivity contribution in [3.63, 3.8) is 0 Å². The molecule has 3 aliphatic heterocycles. The summed E-state index contributed by atoms with van der Waals surface area (Å²) in [6.45, 7) is 5.42. The molecule has 2 unspecified atom stereocenters. The lowest BCUT2D eigenvalue weighted by Gasteiger charge is -2.28. The number of carbonyl (C=O) groups excluding carboxylic acids is 3. The van der Waals surface area contributed by atoms with Gasteiger partial charge in [-0.3, -0.25) is 9.59 Å². The van der Waals surface area contributed by atoms with Gasteiger partial charge in [-0.05, 0) is 35.6 Å². The number of hydrogen-bond acceptors (Lipinski definition) is 11. The zero-order valence-corrected chi connectivity index (χ0v) is 26.3. The first kappa shape index (κ1) is 30.5. The Morgan fingerprint density at radius 1 is 1.15 bits per heavy atom. The molecule has 4 N–H and O–H groups in total. The van der Waals surface area contributed by atoms with Gasteiger partial charge in [0.25, 0.3) is 0 Å². The van der Waals surface area contributed by atoms with Gasteiger partial charge in [0.05, 0.1) is 7.11 Å². The van der Waals surface area contributed by atoms with Crippen molar-refractivity contribution in [2.24, 2.45) is 5.92 Å². The summed E-state index contributed by atoms with van der Waals surface area (Å²) in [7, 11) is 1.25. The van der Waals surface area contributed by atoms with Crippen molar-refractivity contribution in [1.82, 2.24) is 20.6 Å². The third-order valence-electron chi connectivity index (χ3n) is 9.01. The molecule has 4 aromatic rings. The number of oxazole rings is 2. The Hall–Kier alpha value is -5.17. The van der Waals surface area contributed by atoms with Crippen molar-refractivity contribution in [3.05, 3.63) is 82.8 Å². The van der Waals surface area contributed by atoms with Crippen LogP contribution < -0.4 is 20.7 Å². The van der Waals surface area contributed by atoms with E-state index in [9.17, 15) is 19.5 Å². The summed E-state index contributed by atoms with van der Waals surface area (Å²) in [5.74, 6) is -0.943. The van der Waals surface area contributed by atoms with E-state index in [1.807, 2.05) is 49.4 Å². The quantitative estimate of drug-likeness (QED) is 0.217. The molecule has 13 nitrogen and oxygen atoms in total. The molecule has 0 radical (unpaired) electrons. The number of hydrogen-bond donors (Lipinski definition) is 4. The molecule has 5 atom stereocenters. The number of aliphatic hydroxyl groups excluding tert-OH is 1. The van der Waals surface area contributed by atoms with E-state index in [-0.39, 0.29) is 35.5 Å². The number of rotatable bonds is 7. The summed E-state index contributed by atoms with van der Waals surface area (Å²) in [6, 6.07) is 11.7. The fourth-order valence-corrected chi connectivity index (χ4v) is 6.66. The number of ether oxygens (including phenoxy) is 2. The molecule has 0 saturated carbocycles. The summed E-state index contributed by atoms with van der Waals surface area (Å²) in [4.78, 5) is 48.6. The maximum absolute atomic E-state index is 13.9. The van der Waals surface area contributed by atoms with Crippen LogP contribution >= 0.6 is 0 Å². The fourth-order valence-electron chi connectivity index (χ4n) is 6.66. The van der Waals surface area contributed by atoms with Crippen LogP contribution in [-0.2, 0) is 26.2 Å². The highest BCUT2D eigenvalue weighted by molar-refractivity contribution is 5.90. The monoisotopic (exact) mass is 641 g/mol. The van der Waals surface area contributed by atoms with Crippen LogP contribution in [0.3, 0.4) is 0 Å². The molecule has 2 amide bonds. The molecule has 0 aliphatic carbocycles. The Kier molecular flexibility index (Phi) is 7.50. The minimum absolute atomic E-state index is 0.0294. The molecule has 4 bridgehead atoms. The first-order valence-electron chi connectivity index (χ1n) is 15.7. The summed E-state index contributed by atoms with van der Waals surface area (Å²) in [5, 5.41) is 19.8. The number of methoxy groups -OCH3 is 1. The minimum Gasteiger partial charge on any atom is -0.469 e. The van der Waals surface area contributed by atoms with E-state index >= 15 is 0 Å². The third kappa shape index (κ3) is 4.84.